The summed E-state index contributed by atoms with van der Waals surface area (Å²) >= 11 is 0. The second-order valence-corrected chi connectivity index (χ2v) is 5.33. The van der Waals surface area contributed by atoms with E-state index in [1.54, 1.807) is 11.4 Å². The zero-order chi connectivity index (χ0) is 16.3. The number of amides is 1. The fraction of sp³-hybridized carbons (Fsp3) is 0.467. The third-order valence-corrected chi connectivity index (χ3v) is 3.74. The van der Waals surface area contributed by atoms with E-state index in [4.69, 9.17) is 0 Å². The molecular formula is C15H16F3N3O. The lowest BCUT2D eigenvalue weighted by atomic mass is 10.0. The first kappa shape index (κ1) is 16.1. The second-order valence-electron chi connectivity index (χ2n) is 5.33. The van der Waals surface area contributed by atoms with Crippen molar-refractivity contribution in [2.24, 2.45) is 0 Å². The quantitative estimate of drug-likeness (QED) is 0.910. The molecule has 0 aromatic heterocycles. The first-order chi connectivity index (χ1) is 10.3. The number of hydrogen-bond donors (Lipinski definition) is 1. The maximum absolute atomic E-state index is 12.3. The van der Waals surface area contributed by atoms with E-state index in [-0.39, 0.29) is 17.3 Å². The first-order valence-electron chi connectivity index (χ1n) is 7.02. The topological polar surface area (TPSA) is 56.1 Å². The van der Waals surface area contributed by atoms with Crippen molar-refractivity contribution >= 4 is 17.3 Å². The van der Waals surface area contributed by atoms with Crippen LogP contribution in [0.2, 0.25) is 0 Å². The van der Waals surface area contributed by atoms with Crippen molar-refractivity contribution in [3.63, 3.8) is 0 Å². The number of hydrogen-bond acceptors (Lipinski definition) is 3. The summed E-state index contributed by atoms with van der Waals surface area (Å²) in [6.07, 6.45) is -1.80. The number of benzene rings is 1. The molecule has 0 saturated carbocycles. The van der Waals surface area contributed by atoms with E-state index in [0.29, 0.717) is 5.69 Å². The summed E-state index contributed by atoms with van der Waals surface area (Å²) in [7, 11) is 0. The largest absolute Gasteiger partial charge is 0.471 e. The molecule has 1 N–H and O–H groups in total. The molecule has 7 heteroatoms. The van der Waals surface area contributed by atoms with E-state index >= 15 is 0 Å². The number of anilines is 2. The third-order valence-electron chi connectivity index (χ3n) is 3.74. The van der Waals surface area contributed by atoms with Crippen LogP contribution < -0.4 is 10.2 Å². The van der Waals surface area contributed by atoms with Gasteiger partial charge in [0.15, 0.2) is 0 Å². The van der Waals surface area contributed by atoms with Gasteiger partial charge < -0.3 is 10.2 Å². The van der Waals surface area contributed by atoms with Gasteiger partial charge in [-0.1, -0.05) is 0 Å². The molecule has 1 saturated heterocycles. The number of carbonyl (C=O) groups excluding carboxylic acids is 1. The Kier molecular flexibility index (Phi) is 4.59. The van der Waals surface area contributed by atoms with Crippen molar-refractivity contribution in [1.29, 1.82) is 5.26 Å². The lowest BCUT2D eigenvalue weighted by molar-refractivity contribution is -0.167. The van der Waals surface area contributed by atoms with Crippen LogP contribution in [0.1, 0.15) is 31.7 Å². The number of carbonyl (C=O) groups is 1. The van der Waals surface area contributed by atoms with Crippen LogP contribution in [-0.4, -0.2) is 24.7 Å². The Morgan fingerprint density at radius 3 is 2.73 bits per heavy atom. The number of nitrogens with one attached hydrogen (secondary N) is 1. The molecule has 0 aliphatic carbocycles. The molecule has 0 unspecified atom stereocenters. The van der Waals surface area contributed by atoms with Gasteiger partial charge in [0.1, 0.15) is 6.07 Å². The summed E-state index contributed by atoms with van der Waals surface area (Å²) < 4.78 is 36.8. The van der Waals surface area contributed by atoms with Crippen LogP contribution in [0.15, 0.2) is 18.2 Å². The van der Waals surface area contributed by atoms with Gasteiger partial charge in [-0.15, -0.1) is 0 Å². The monoisotopic (exact) mass is 311 g/mol. The summed E-state index contributed by atoms with van der Waals surface area (Å²) in [5, 5.41) is 11.0. The van der Waals surface area contributed by atoms with Crippen LogP contribution in [0.5, 0.6) is 0 Å². The molecule has 1 aliphatic rings. The number of rotatable bonds is 2. The van der Waals surface area contributed by atoms with Gasteiger partial charge in [-0.3, -0.25) is 4.79 Å². The van der Waals surface area contributed by atoms with E-state index in [1.807, 2.05) is 6.07 Å². The zero-order valence-corrected chi connectivity index (χ0v) is 12.1. The molecule has 118 valence electrons. The first-order valence-corrected chi connectivity index (χ1v) is 7.02. The predicted molar refractivity (Wildman–Crippen MR) is 76.5 cm³/mol. The summed E-state index contributed by atoms with van der Waals surface area (Å²) in [4.78, 5) is 13.0. The number of piperidine rings is 1. The van der Waals surface area contributed by atoms with Crippen molar-refractivity contribution in [1.82, 2.24) is 0 Å². The molecule has 1 aromatic carbocycles. The van der Waals surface area contributed by atoms with Gasteiger partial charge in [-0.25, -0.2) is 0 Å². The normalized spacial score (nSPS) is 18.7. The molecule has 1 heterocycles. The Hall–Kier alpha value is -2.23. The molecule has 2 rings (SSSR count). The third kappa shape index (κ3) is 3.50. The minimum atomic E-state index is -4.95. The van der Waals surface area contributed by atoms with E-state index < -0.39 is 12.1 Å². The molecule has 1 aliphatic heterocycles. The Balaban J connectivity index is 2.25. The van der Waals surface area contributed by atoms with E-state index in [2.05, 4.69) is 11.8 Å². The predicted octanol–water partition coefficient (Wildman–Crippen LogP) is 3.44. The summed E-state index contributed by atoms with van der Waals surface area (Å²) in [6.45, 7) is 2.86. The minimum Gasteiger partial charge on any atom is -0.368 e. The molecule has 4 nitrogen and oxygen atoms in total. The molecule has 0 spiro atoms. The molecule has 1 aromatic rings. The molecule has 1 amide bonds. The smallest absolute Gasteiger partial charge is 0.368 e. The van der Waals surface area contributed by atoms with Crippen molar-refractivity contribution in [3.05, 3.63) is 23.8 Å². The van der Waals surface area contributed by atoms with Crippen LogP contribution in [0.25, 0.3) is 0 Å². The fourth-order valence-corrected chi connectivity index (χ4v) is 2.61. The molecular weight excluding hydrogens is 295 g/mol. The molecule has 0 radical (unpaired) electrons. The highest BCUT2D eigenvalue weighted by atomic mass is 19.4. The SMILES string of the molecule is C[C@H]1CCCCN1c1ccc(NC(=O)C(F)(F)F)cc1C#N. The molecule has 1 atom stereocenters. The van der Waals surface area contributed by atoms with Gasteiger partial charge in [0.05, 0.1) is 11.3 Å². The molecule has 0 bridgehead atoms. The van der Waals surface area contributed by atoms with Gasteiger partial charge in [-0.05, 0) is 44.4 Å². The number of nitriles is 1. The van der Waals surface area contributed by atoms with Crippen molar-refractivity contribution in [2.45, 2.75) is 38.4 Å². The summed E-state index contributed by atoms with van der Waals surface area (Å²) in [5.74, 6) is -2.05. The van der Waals surface area contributed by atoms with Crippen LogP contribution in [0.4, 0.5) is 24.5 Å². The Morgan fingerprint density at radius 1 is 1.41 bits per heavy atom. The number of halogens is 3. The Labute approximate surface area is 126 Å². The average molecular weight is 311 g/mol. The van der Waals surface area contributed by atoms with Gasteiger partial charge >= 0.3 is 12.1 Å². The number of nitrogens with zero attached hydrogens (tertiary/aromatic N) is 2. The minimum absolute atomic E-state index is 0.0349. The van der Waals surface area contributed by atoms with Crippen molar-refractivity contribution < 1.29 is 18.0 Å². The summed E-state index contributed by atoms with van der Waals surface area (Å²) in [5.41, 5.74) is 0.917. The molecule has 22 heavy (non-hydrogen) atoms. The Morgan fingerprint density at radius 2 is 2.14 bits per heavy atom. The van der Waals surface area contributed by atoms with Crippen LogP contribution in [-0.2, 0) is 4.79 Å². The number of alkyl halides is 3. The van der Waals surface area contributed by atoms with Crippen LogP contribution >= 0.6 is 0 Å². The average Bonchev–Trinajstić information content (AvgIpc) is 2.47. The highest BCUT2D eigenvalue weighted by Crippen LogP contribution is 2.30. The maximum Gasteiger partial charge on any atom is 0.471 e. The fourth-order valence-electron chi connectivity index (χ4n) is 2.61. The van der Waals surface area contributed by atoms with Crippen molar-refractivity contribution in [2.75, 3.05) is 16.8 Å². The van der Waals surface area contributed by atoms with Crippen LogP contribution in [0.3, 0.4) is 0 Å². The zero-order valence-electron chi connectivity index (χ0n) is 12.1. The van der Waals surface area contributed by atoms with E-state index in [9.17, 15) is 23.2 Å². The van der Waals surface area contributed by atoms with Crippen LogP contribution in [0, 0.1) is 11.3 Å². The van der Waals surface area contributed by atoms with E-state index in [1.165, 1.54) is 12.1 Å². The molecule has 1 fully saturated rings. The maximum atomic E-state index is 12.3. The standard InChI is InChI=1S/C15H16F3N3O/c1-10-4-2-3-7-21(10)13-6-5-12(8-11(13)9-19)20-14(22)15(16,17)18/h5-6,8,10H,2-4,7H2,1H3,(H,20,22)/t10-/m0/s1. The van der Waals surface area contributed by atoms with Gasteiger partial charge in [-0.2, -0.15) is 18.4 Å². The lowest BCUT2D eigenvalue weighted by Crippen LogP contribution is -2.37. The highest BCUT2D eigenvalue weighted by molar-refractivity contribution is 5.95. The van der Waals surface area contributed by atoms with Gasteiger partial charge in [0.25, 0.3) is 0 Å². The van der Waals surface area contributed by atoms with Gasteiger partial charge in [0, 0.05) is 18.3 Å². The highest BCUT2D eigenvalue weighted by Gasteiger charge is 2.38. The second kappa shape index (κ2) is 6.26. The van der Waals surface area contributed by atoms with Crippen molar-refractivity contribution in [3.8, 4) is 6.07 Å². The van der Waals surface area contributed by atoms with Gasteiger partial charge in [0.2, 0.25) is 0 Å². The lowest BCUT2D eigenvalue weighted by Gasteiger charge is -2.36. The van der Waals surface area contributed by atoms with E-state index in [0.717, 1.165) is 25.8 Å². The Bertz CT molecular complexity index is 607. The summed E-state index contributed by atoms with van der Waals surface area (Å²) in [6, 6.07) is 6.52.